The van der Waals surface area contributed by atoms with Gasteiger partial charge in [0.2, 0.25) is 6.17 Å². The molecule has 0 bridgehead atoms. The van der Waals surface area contributed by atoms with Crippen molar-refractivity contribution in [2.75, 3.05) is 6.61 Å². The molecule has 4 nitrogen and oxygen atoms in total. The highest BCUT2D eigenvalue weighted by atomic mass is 127. The zero-order chi connectivity index (χ0) is 13.9. The number of esters is 1. The van der Waals surface area contributed by atoms with Crippen molar-refractivity contribution in [3.05, 3.63) is 24.8 Å². The number of aromatic hydroxyl groups is 1. The van der Waals surface area contributed by atoms with Gasteiger partial charge < -0.3 is 15.6 Å². The Labute approximate surface area is 131 Å². The van der Waals surface area contributed by atoms with E-state index in [4.69, 9.17) is 5.73 Å². The first kappa shape index (κ1) is 15.9. The third kappa shape index (κ3) is 3.67. The van der Waals surface area contributed by atoms with Crippen molar-refractivity contribution < 1.29 is 19.0 Å². The first-order valence-corrected chi connectivity index (χ1v) is 7.28. The molecule has 100 valence electrons. The van der Waals surface area contributed by atoms with E-state index >= 15 is 0 Å². The van der Waals surface area contributed by atoms with Crippen LogP contribution in [0, 0.1) is 7.14 Å². The Morgan fingerprint density at radius 1 is 1.56 bits per heavy atom. The van der Waals surface area contributed by atoms with Crippen LogP contribution in [-0.4, -0.2) is 23.9 Å². The molecule has 0 amide bonds. The van der Waals surface area contributed by atoms with E-state index in [1.807, 2.05) is 45.2 Å². The van der Waals surface area contributed by atoms with E-state index in [0.29, 0.717) is 3.57 Å². The summed E-state index contributed by atoms with van der Waals surface area (Å²) in [5.74, 6) is -1.12. The van der Waals surface area contributed by atoms with Gasteiger partial charge in [-0.05, 0) is 64.2 Å². The van der Waals surface area contributed by atoms with Gasteiger partial charge in [-0.15, -0.1) is 0 Å². The molecule has 0 aliphatic carbocycles. The Morgan fingerprint density at radius 2 is 2.17 bits per heavy atom. The van der Waals surface area contributed by atoms with Gasteiger partial charge in [0.15, 0.2) is 0 Å². The number of phenolic OH excluding ortho intramolecular Hbond substituents is 1. The largest absolute Gasteiger partial charge is 0.506 e. The number of carbonyl (C=O) groups is 1. The lowest BCUT2D eigenvalue weighted by molar-refractivity contribution is -0.149. The molecule has 0 fully saturated rings. The molecule has 7 heteroatoms. The summed E-state index contributed by atoms with van der Waals surface area (Å²) in [5, 5.41) is 9.84. The van der Waals surface area contributed by atoms with Crippen LogP contribution in [0.1, 0.15) is 18.5 Å². The molecular weight excluding hydrogens is 467 g/mol. The standard InChI is InChI=1S/C11H12FI2NO3/c1-2-18-11(17)8(12)9(15)6-3-5(13)4-7(14)10(6)16/h3-4,8-9,16H,2,15H2,1H3/t8?,9-/m0/s1. The van der Waals surface area contributed by atoms with Crippen LogP contribution < -0.4 is 5.73 Å². The molecule has 0 aromatic heterocycles. The van der Waals surface area contributed by atoms with E-state index in [2.05, 4.69) is 4.74 Å². The van der Waals surface area contributed by atoms with Crippen LogP contribution in [0.4, 0.5) is 4.39 Å². The maximum atomic E-state index is 13.8. The molecule has 3 N–H and O–H groups in total. The third-order valence-corrected chi connectivity index (χ3v) is 3.69. The van der Waals surface area contributed by atoms with Crippen LogP contribution in [-0.2, 0) is 9.53 Å². The predicted molar refractivity (Wildman–Crippen MR) is 82.0 cm³/mol. The van der Waals surface area contributed by atoms with Crippen LogP contribution in [0.2, 0.25) is 0 Å². The summed E-state index contributed by atoms with van der Waals surface area (Å²) in [7, 11) is 0. The fourth-order valence-electron chi connectivity index (χ4n) is 1.37. The average molecular weight is 479 g/mol. The van der Waals surface area contributed by atoms with Crippen LogP contribution in [0.5, 0.6) is 5.75 Å². The molecule has 18 heavy (non-hydrogen) atoms. The second kappa shape index (κ2) is 6.85. The summed E-state index contributed by atoms with van der Waals surface area (Å²) in [6.07, 6.45) is -2.00. The molecule has 1 aromatic rings. The lowest BCUT2D eigenvalue weighted by atomic mass is 10.0. The highest BCUT2D eigenvalue weighted by molar-refractivity contribution is 14.1. The monoisotopic (exact) mass is 479 g/mol. The van der Waals surface area contributed by atoms with E-state index in [-0.39, 0.29) is 17.9 Å². The molecule has 0 aliphatic rings. The topological polar surface area (TPSA) is 72.5 Å². The van der Waals surface area contributed by atoms with Crippen molar-refractivity contribution in [1.29, 1.82) is 0 Å². The highest BCUT2D eigenvalue weighted by Gasteiger charge is 2.30. The average Bonchev–Trinajstić information content (AvgIpc) is 2.32. The molecule has 0 radical (unpaired) electrons. The van der Waals surface area contributed by atoms with Crippen molar-refractivity contribution >= 4 is 51.2 Å². The van der Waals surface area contributed by atoms with Crippen molar-refractivity contribution in [3.63, 3.8) is 0 Å². The van der Waals surface area contributed by atoms with Crippen LogP contribution in [0.25, 0.3) is 0 Å². The van der Waals surface area contributed by atoms with Gasteiger partial charge in [-0.1, -0.05) is 0 Å². The minimum absolute atomic E-state index is 0.0851. The van der Waals surface area contributed by atoms with Gasteiger partial charge in [-0.3, -0.25) is 0 Å². The summed E-state index contributed by atoms with van der Waals surface area (Å²) in [5.41, 5.74) is 5.87. The second-order valence-corrected chi connectivity index (χ2v) is 5.91. The molecule has 0 saturated carbocycles. The minimum atomic E-state index is -2.00. The lowest BCUT2D eigenvalue weighted by Gasteiger charge is -2.18. The van der Waals surface area contributed by atoms with Gasteiger partial charge in [-0.2, -0.15) is 0 Å². The Hall–Kier alpha value is -0.160. The van der Waals surface area contributed by atoms with Gasteiger partial charge in [0, 0.05) is 9.13 Å². The van der Waals surface area contributed by atoms with Gasteiger partial charge in [-0.25, -0.2) is 9.18 Å². The number of phenols is 1. The quantitative estimate of drug-likeness (QED) is 0.515. The number of nitrogens with two attached hydrogens (primary N) is 1. The molecule has 1 unspecified atom stereocenters. The SMILES string of the molecule is CCOC(=O)C(F)[C@@H](N)c1cc(I)cc(I)c1O. The summed E-state index contributed by atoms with van der Waals surface area (Å²) in [6.45, 7) is 1.67. The van der Waals surface area contributed by atoms with E-state index in [1.165, 1.54) is 0 Å². The minimum Gasteiger partial charge on any atom is -0.506 e. The molecule has 1 rings (SSSR count). The smallest absolute Gasteiger partial charge is 0.342 e. The van der Waals surface area contributed by atoms with Crippen molar-refractivity contribution in [1.82, 2.24) is 0 Å². The number of benzene rings is 1. The predicted octanol–water partition coefficient (Wildman–Crippen LogP) is 2.50. The Morgan fingerprint density at radius 3 is 2.72 bits per heavy atom. The summed E-state index contributed by atoms with van der Waals surface area (Å²) in [4.78, 5) is 11.3. The molecule has 0 aliphatic heterocycles. The first-order valence-electron chi connectivity index (χ1n) is 5.12. The molecule has 0 spiro atoms. The fraction of sp³-hybridized carbons (Fsp3) is 0.364. The first-order chi connectivity index (χ1) is 8.38. The Bertz CT molecular complexity index is 456. The van der Waals surface area contributed by atoms with Crippen LogP contribution in [0.3, 0.4) is 0 Å². The maximum absolute atomic E-state index is 13.8. The van der Waals surface area contributed by atoms with Gasteiger partial charge in [0.1, 0.15) is 5.75 Å². The number of hydrogen-bond acceptors (Lipinski definition) is 4. The Balaban J connectivity index is 3.03. The number of alkyl halides is 1. The molecular formula is C11H12FI2NO3. The van der Waals surface area contributed by atoms with E-state index in [1.54, 1.807) is 19.1 Å². The summed E-state index contributed by atoms with van der Waals surface area (Å²) in [6, 6.07) is 2.03. The third-order valence-electron chi connectivity index (χ3n) is 2.24. The summed E-state index contributed by atoms with van der Waals surface area (Å²) >= 11 is 3.95. The molecule has 0 heterocycles. The maximum Gasteiger partial charge on any atom is 0.342 e. The normalized spacial score (nSPS) is 14.1. The zero-order valence-electron chi connectivity index (χ0n) is 9.49. The highest BCUT2D eigenvalue weighted by Crippen LogP contribution is 2.32. The summed E-state index contributed by atoms with van der Waals surface area (Å²) < 4.78 is 19.7. The van der Waals surface area contributed by atoms with Gasteiger partial charge >= 0.3 is 5.97 Å². The number of carbonyl (C=O) groups excluding carboxylic acids is 1. The van der Waals surface area contributed by atoms with Crippen LogP contribution in [0.15, 0.2) is 12.1 Å². The molecule has 2 atom stereocenters. The van der Waals surface area contributed by atoms with E-state index < -0.39 is 18.2 Å². The molecule has 0 saturated heterocycles. The number of ether oxygens (including phenoxy) is 1. The number of rotatable bonds is 4. The zero-order valence-corrected chi connectivity index (χ0v) is 13.8. The Kier molecular flexibility index (Phi) is 6.05. The lowest BCUT2D eigenvalue weighted by Crippen LogP contribution is -2.31. The van der Waals surface area contributed by atoms with Gasteiger partial charge in [0.05, 0.1) is 16.2 Å². The fourth-order valence-corrected chi connectivity index (χ4v) is 3.26. The van der Waals surface area contributed by atoms with Crippen molar-refractivity contribution in [2.24, 2.45) is 5.73 Å². The number of hydrogen-bond donors (Lipinski definition) is 2. The van der Waals surface area contributed by atoms with Crippen LogP contribution >= 0.6 is 45.2 Å². The second-order valence-electron chi connectivity index (χ2n) is 3.51. The van der Waals surface area contributed by atoms with E-state index in [9.17, 15) is 14.3 Å². The van der Waals surface area contributed by atoms with E-state index in [0.717, 1.165) is 3.57 Å². The van der Waals surface area contributed by atoms with Crippen molar-refractivity contribution in [3.8, 4) is 5.75 Å². The molecule has 1 aromatic carbocycles. The number of halogens is 3. The van der Waals surface area contributed by atoms with Gasteiger partial charge in [0.25, 0.3) is 0 Å². The van der Waals surface area contributed by atoms with Crippen molar-refractivity contribution in [2.45, 2.75) is 19.1 Å².